The van der Waals surface area contributed by atoms with Crippen LogP contribution in [0.15, 0.2) is 46.9 Å². The molecule has 0 aliphatic carbocycles. The van der Waals surface area contributed by atoms with Crippen LogP contribution in [0.4, 0.5) is 0 Å². The third kappa shape index (κ3) is 2.85. The lowest BCUT2D eigenvalue weighted by molar-refractivity contribution is -0.0334. The molecule has 1 saturated heterocycles. The third-order valence-corrected chi connectivity index (χ3v) is 4.59. The van der Waals surface area contributed by atoms with E-state index in [0.717, 1.165) is 43.8 Å². The first-order valence-electron chi connectivity index (χ1n) is 8.28. The van der Waals surface area contributed by atoms with Crippen molar-refractivity contribution in [2.75, 3.05) is 26.2 Å². The Balaban J connectivity index is 1.64. The van der Waals surface area contributed by atoms with Gasteiger partial charge in [-0.1, -0.05) is 36.4 Å². The van der Waals surface area contributed by atoms with Gasteiger partial charge in [0.05, 0.1) is 12.7 Å². The molecule has 0 bridgehead atoms. The number of hydrogen-bond acceptors (Lipinski definition) is 4. The Kier molecular flexibility index (Phi) is 4.04. The van der Waals surface area contributed by atoms with Gasteiger partial charge in [-0.25, -0.2) is 0 Å². The minimum atomic E-state index is 0.253. The van der Waals surface area contributed by atoms with Crippen LogP contribution in [0.3, 0.4) is 0 Å². The van der Waals surface area contributed by atoms with Crippen LogP contribution in [-0.2, 0) is 11.3 Å². The van der Waals surface area contributed by atoms with Crippen LogP contribution in [0.1, 0.15) is 12.0 Å². The summed E-state index contributed by atoms with van der Waals surface area (Å²) in [5.41, 5.74) is 8.87. The Bertz CT molecular complexity index is 809. The van der Waals surface area contributed by atoms with E-state index < -0.39 is 0 Å². The number of para-hydroxylation sites is 2. The summed E-state index contributed by atoms with van der Waals surface area (Å²) in [6.45, 7) is 4.24. The molecule has 3 aromatic rings. The van der Waals surface area contributed by atoms with Gasteiger partial charge in [-0.2, -0.15) is 0 Å². The average Bonchev–Trinajstić information content (AvgIpc) is 2.96. The van der Waals surface area contributed by atoms with E-state index in [4.69, 9.17) is 14.9 Å². The Labute approximate surface area is 135 Å². The fourth-order valence-corrected chi connectivity index (χ4v) is 3.46. The van der Waals surface area contributed by atoms with Gasteiger partial charge in [-0.15, -0.1) is 0 Å². The van der Waals surface area contributed by atoms with E-state index in [-0.39, 0.29) is 6.10 Å². The molecule has 4 heteroatoms. The molecule has 0 saturated carbocycles. The normalized spacial score (nSPS) is 19.6. The van der Waals surface area contributed by atoms with Gasteiger partial charge in [0.2, 0.25) is 0 Å². The fourth-order valence-electron chi connectivity index (χ4n) is 3.46. The molecule has 0 unspecified atom stereocenters. The number of benzene rings is 2. The predicted octanol–water partition coefficient (Wildman–Crippen LogP) is 3.14. The summed E-state index contributed by atoms with van der Waals surface area (Å²) in [7, 11) is 0. The molecule has 120 valence electrons. The predicted molar refractivity (Wildman–Crippen MR) is 92.4 cm³/mol. The summed E-state index contributed by atoms with van der Waals surface area (Å²) in [6.07, 6.45) is 1.18. The quantitative estimate of drug-likeness (QED) is 0.804. The largest absolute Gasteiger partial charge is 0.456 e. The topological polar surface area (TPSA) is 51.6 Å². The summed E-state index contributed by atoms with van der Waals surface area (Å²) >= 11 is 0. The van der Waals surface area contributed by atoms with Gasteiger partial charge in [-0.05, 0) is 19.0 Å². The maximum absolute atomic E-state index is 6.12. The molecule has 2 N–H and O–H groups in total. The Morgan fingerprint density at radius 3 is 2.87 bits per heavy atom. The van der Waals surface area contributed by atoms with Crippen molar-refractivity contribution in [1.82, 2.24) is 4.90 Å². The minimum absolute atomic E-state index is 0.253. The van der Waals surface area contributed by atoms with Gasteiger partial charge in [0.1, 0.15) is 11.2 Å². The van der Waals surface area contributed by atoms with Gasteiger partial charge in [0.15, 0.2) is 0 Å². The molecule has 4 nitrogen and oxygen atoms in total. The number of rotatable bonds is 4. The van der Waals surface area contributed by atoms with Crippen molar-refractivity contribution < 1.29 is 9.15 Å². The van der Waals surface area contributed by atoms with Crippen LogP contribution in [0.2, 0.25) is 0 Å². The van der Waals surface area contributed by atoms with Crippen molar-refractivity contribution in [3.8, 4) is 0 Å². The second-order valence-electron chi connectivity index (χ2n) is 6.20. The lowest BCUT2D eigenvalue weighted by atomic mass is 10.1. The Hall–Kier alpha value is -1.88. The van der Waals surface area contributed by atoms with Crippen LogP contribution in [0.5, 0.6) is 0 Å². The molecule has 1 aliphatic heterocycles. The fraction of sp³-hybridized carbons (Fsp3) is 0.368. The minimum Gasteiger partial charge on any atom is -0.456 e. The third-order valence-electron chi connectivity index (χ3n) is 4.59. The zero-order valence-electron chi connectivity index (χ0n) is 13.2. The molecule has 1 atom stereocenters. The van der Waals surface area contributed by atoms with Crippen LogP contribution in [0.25, 0.3) is 21.9 Å². The van der Waals surface area contributed by atoms with E-state index in [0.29, 0.717) is 6.54 Å². The lowest BCUT2D eigenvalue weighted by Crippen LogP contribution is -2.42. The second kappa shape index (κ2) is 6.32. The van der Waals surface area contributed by atoms with E-state index in [1.165, 1.54) is 16.3 Å². The standard InChI is InChI=1S/C19H22N2O2/c20-9-8-15-13-21(10-11-22-15)12-14-4-3-6-17-16-5-1-2-7-18(16)23-19(14)17/h1-7,15H,8-13,20H2/t15-/m1/s1. The van der Waals surface area contributed by atoms with Crippen LogP contribution >= 0.6 is 0 Å². The van der Waals surface area contributed by atoms with Crippen molar-refractivity contribution in [2.45, 2.75) is 19.1 Å². The molecule has 0 radical (unpaired) electrons. The molecule has 1 fully saturated rings. The maximum atomic E-state index is 6.12. The van der Waals surface area contributed by atoms with Crippen LogP contribution in [-0.4, -0.2) is 37.2 Å². The summed E-state index contributed by atoms with van der Waals surface area (Å²) < 4.78 is 11.9. The van der Waals surface area contributed by atoms with Crippen molar-refractivity contribution in [3.05, 3.63) is 48.0 Å². The van der Waals surface area contributed by atoms with Gasteiger partial charge in [0.25, 0.3) is 0 Å². The van der Waals surface area contributed by atoms with Gasteiger partial charge < -0.3 is 14.9 Å². The van der Waals surface area contributed by atoms with Crippen LogP contribution < -0.4 is 5.73 Å². The Morgan fingerprint density at radius 2 is 1.96 bits per heavy atom. The number of nitrogens with zero attached hydrogens (tertiary/aromatic N) is 1. The lowest BCUT2D eigenvalue weighted by Gasteiger charge is -2.32. The average molecular weight is 310 g/mol. The SMILES string of the molecule is NCC[C@@H]1CN(Cc2cccc3c2oc2ccccc23)CCO1. The zero-order chi connectivity index (χ0) is 15.6. The van der Waals surface area contributed by atoms with E-state index in [9.17, 15) is 0 Å². The van der Waals surface area contributed by atoms with E-state index in [2.05, 4.69) is 35.2 Å². The molecule has 2 heterocycles. The highest BCUT2D eigenvalue weighted by molar-refractivity contribution is 6.05. The number of hydrogen-bond donors (Lipinski definition) is 1. The molecule has 1 aliphatic rings. The number of morpholine rings is 1. The maximum Gasteiger partial charge on any atom is 0.139 e. The molecule has 0 spiro atoms. The summed E-state index contributed by atoms with van der Waals surface area (Å²) in [6, 6.07) is 14.7. The molecular formula is C19H22N2O2. The van der Waals surface area contributed by atoms with Gasteiger partial charge >= 0.3 is 0 Å². The summed E-state index contributed by atoms with van der Waals surface area (Å²) in [4.78, 5) is 2.44. The Morgan fingerprint density at radius 1 is 1.09 bits per heavy atom. The summed E-state index contributed by atoms with van der Waals surface area (Å²) in [5, 5.41) is 2.39. The van der Waals surface area contributed by atoms with E-state index >= 15 is 0 Å². The first kappa shape index (κ1) is 14.7. The van der Waals surface area contributed by atoms with Crippen LogP contribution in [0, 0.1) is 0 Å². The van der Waals surface area contributed by atoms with Crippen molar-refractivity contribution in [2.24, 2.45) is 5.73 Å². The molecule has 2 aromatic carbocycles. The second-order valence-corrected chi connectivity index (χ2v) is 6.20. The first-order valence-corrected chi connectivity index (χ1v) is 8.28. The highest BCUT2D eigenvalue weighted by Gasteiger charge is 2.21. The summed E-state index contributed by atoms with van der Waals surface area (Å²) in [5.74, 6) is 0. The molecule has 1 aromatic heterocycles. The highest BCUT2D eigenvalue weighted by Crippen LogP contribution is 2.31. The van der Waals surface area contributed by atoms with Gasteiger partial charge in [0, 0.05) is 36.0 Å². The van der Waals surface area contributed by atoms with E-state index in [1.54, 1.807) is 0 Å². The van der Waals surface area contributed by atoms with Crippen molar-refractivity contribution >= 4 is 21.9 Å². The van der Waals surface area contributed by atoms with Crippen molar-refractivity contribution in [1.29, 1.82) is 0 Å². The molecule has 23 heavy (non-hydrogen) atoms. The van der Waals surface area contributed by atoms with E-state index in [1.807, 2.05) is 12.1 Å². The molecular weight excluding hydrogens is 288 g/mol. The van der Waals surface area contributed by atoms with Gasteiger partial charge in [-0.3, -0.25) is 4.90 Å². The first-order chi connectivity index (χ1) is 11.3. The molecule has 0 amide bonds. The van der Waals surface area contributed by atoms with Crippen molar-refractivity contribution in [3.63, 3.8) is 0 Å². The number of ether oxygens (including phenoxy) is 1. The number of furan rings is 1. The molecule has 4 rings (SSSR count). The zero-order valence-corrected chi connectivity index (χ0v) is 13.2. The smallest absolute Gasteiger partial charge is 0.139 e. The highest BCUT2D eigenvalue weighted by atomic mass is 16.5. The number of nitrogens with two attached hydrogens (primary N) is 1. The number of fused-ring (bicyclic) bond motifs is 3. The monoisotopic (exact) mass is 310 g/mol.